The van der Waals surface area contributed by atoms with Crippen molar-refractivity contribution in [1.29, 1.82) is 0 Å². The third-order valence-corrected chi connectivity index (χ3v) is 5.40. The summed E-state index contributed by atoms with van der Waals surface area (Å²) >= 11 is 0. The second-order valence-electron chi connectivity index (χ2n) is 7.43. The van der Waals surface area contributed by atoms with Crippen LogP contribution in [0.15, 0.2) is 61.4 Å². The lowest BCUT2D eigenvalue weighted by Gasteiger charge is -2.32. The number of amides is 1. The van der Waals surface area contributed by atoms with E-state index in [0.29, 0.717) is 26.1 Å². The van der Waals surface area contributed by atoms with Gasteiger partial charge in [-0.15, -0.1) is 0 Å². The molecular weight excluding hydrogens is 380 g/mol. The van der Waals surface area contributed by atoms with Crippen LogP contribution in [0.5, 0.6) is 0 Å². The largest absolute Gasteiger partial charge is 0.368 e. The summed E-state index contributed by atoms with van der Waals surface area (Å²) in [6.45, 7) is 1.57. The van der Waals surface area contributed by atoms with Crippen LogP contribution < -0.4 is 0 Å². The fourth-order valence-corrected chi connectivity index (χ4v) is 3.85. The highest BCUT2D eigenvalue weighted by atomic mass is 16.5. The van der Waals surface area contributed by atoms with Gasteiger partial charge in [0, 0.05) is 38.4 Å². The lowest BCUT2D eigenvalue weighted by molar-refractivity contribution is -0.138. The molecule has 1 aliphatic heterocycles. The first-order valence-electron chi connectivity index (χ1n) is 9.92. The molecule has 0 spiro atoms. The smallest absolute Gasteiger partial charge is 0.228 e. The van der Waals surface area contributed by atoms with E-state index in [1.165, 1.54) is 0 Å². The Morgan fingerprint density at radius 3 is 2.83 bits per heavy atom. The van der Waals surface area contributed by atoms with Crippen molar-refractivity contribution in [2.45, 2.75) is 12.5 Å². The lowest BCUT2D eigenvalue weighted by atomic mass is 10.1. The molecule has 8 heteroatoms. The second-order valence-corrected chi connectivity index (χ2v) is 7.43. The van der Waals surface area contributed by atoms with Crippen molar-refractivity contribution in [2.24, 2.45) is 7.05 Å². The average Bonchev–Trinajstić information content (AvgIpc) is 3.39. The minimum atomic E-state index is -0.247. The fourth-order valence-electron chi connectivity index (χ4n) is 3.85. The molecular formula is C22H22N6O2. The Hall–Kier alpha value is -3.52. The quantitative estimate of drug-likeness (QED) is 0.523. The maximum absolute atomic E-state index is 12.7. The van der Waals surface area contributed by atoms with Crippen LogP contribution in [0.4, 0.5) is 0 Å². The number of aromatic nitrogens is 5. The van der Waals surface area contributed by atoms with E-state index in [2.05, 4.69) is 27.2 Å². The van der Waals surface area contributed by atoms with Crippen LogP contribution >= 0.6 is 0 Å². The summed E-state index contributed by atoms with van der Waals surface area (Å²) in [6.07, 6.45) is 9.32. The molecule has 152 valence electrons. The Morgan fingerprint density at radius 2 is 2.03 bits per heavy atom. The molecule has 30 heavy (non-hydrogen) atoms. The SMILES string of the molecule is Cn1ccc(CC(=O)N2CCO[C@@H](c3ncn4cc(-c5ccncc5)ccc34)C2)n1. The fraction of sp³-hybridized carbons (Fsp3) is 0.273. The number of hydrogen-bond acceptors (Lipinski definition) is 5. The van der Waals surface area contributed by atoms with Gasteiger partial charge in [-0.2, -0.15) is 5.10 Å². The van der Waals surface area contributed by atoms with Crippen LogP contribution in [0.1, 0.15) is 17.5 Å². The van der Waals surface area contributed by atoms with Crippen LogP contribution in [-0.4, -0.2) is 54.7 Å². The number of fused-ring (bicyclic) bond motifs is 1. The molecule has 0 unspecified atom stereocenters. The third-order valence-electron chi connectivity index (χ3n) is 5.40. The van der Waals surface area contributed by atoms with Crippen molar-refractivity contribution < 1.29 is 9.53 Å². The Labute approximate surface area is 173 Å². The molecule has 0 saturated carbocycles. The number of ether oxygens (including phenoxy) is 1. The number of hydrogen-bond donors (Lipinski definition) is 0. The Balaban J connectivity index is 1.35. The standard InChI is InChI=1S/C22H22N6O2/c1-26-9-6-18(25-26)12-21(29)27-10-11-30-20(14-27)22-19-3-2-17(13-28(19)15-24-22)16-4-7-23-8-5-16/h2-9,13,15,20H,10-12,14H2,1H3/t20-/m1/s1. The Kier molecular flexibility index (Phi) is 4.76. The molecule has 1 amide bonds. The first kappa shape index (κ1) is 18.5. The minimum absolute atomic E-state index is 0.0606. The number of pyridine rings is 2. The van der Waals surface area contributed by atoms with Gasteiger partial charge in [-0.1, -0.05) is 6.07 Å². The van der Waals surface area contributed by atoms with Crippen molar-refractivity contribution in [3.8, 4) is 11.1 Å². The summed E-state index contributed by atoms with van der Waals surface area (Å²) < 4.78 is 9.70. The van der Waals surface area contributed by atoms with E-state index in [-0.39, 0.29) is 12.0 Å². The van der Waals surface area contributed by atoms with E-state index >= 15 is 0 Å². The second kappa shape index (κ2) is 7.72. The zero-order chi connectivity index (χ0) is 20.5. The van der Waals surface area contributed by atoms with E-state index < -0.39 is 0 Å². The summed E-state index contributed by atoms with van der Waals surface area (Å²) in [4.78, 5) is 23.3. The number of aryl methyl sites for hydroxylation is 1. The van der Waals surface area contributed by atoms with Gasteiger partial charge in [0.1, 0.15) is 6.10 Å². The molecule has 0 radical (unpaired) electrons. The van der Waals surface area contributed by atoms with Crippen LogP contribution in [-0.2, 0) is 23.0 Å². The summed E-state index contributed by atoms with van der Waals surface area (Å²) in [5, 5.41) is 4.31. The van der Waals surface area contributed by atoms with Gasteiger partial charge < -0.3 is 14.0 Å². The monoisotopic (exact) mass is 402 g/mol. The maximum Gasteiger partial charge on any atom is 0.228 e. The van der Waals surface area contributed by atoms with Crippen molar-refractivity contribution in [2.75, 3.05) is 19.7 Å². The van der Waals surface area contributed by atoms with Gasteiger partial charge in [0.25, 0.3) is 0 Å². The summed E-state index contributed by atoms with van der Waals surface area (Å²) in [5.41, 5.74) is 4.80. The Bertz CT molecular complexity index is 1180. The van der Waals surface area contributed by atoms with E-state index in [0.717, 1.165) is 28.0 Å². The van der Waals surface area contributed by atoms with Crippen molar-refractivity contribution in [3.63, 3.8) is 0 Å². The molecule has 4 aromatic rings. The van der Waals surface area contributed by atoms with Crippen LogP contribution in [0, 0.1) is 0 Å². The zero-order valence-electron chi connectivity index (χ0n) is 16.7. The summed E-state index contributed by atoms with van der Waals surface area (Å²) in [5.74, 6) is 0.0606. The van der Waals surface area contributed by atoms with Gasteiger partial charge in [-0.25, -0.2) is 4.98 Å². The number of nitrogens with zero attached hydrogens (tertiary/aromatic N) is 6. The highest BCUT2D eigenvalue weighted by Gasteiger charge is 2.28. The van der Waals surface area contributed by atoms with E-state index in [4.69, 9.17) is 4.74 Å². The van der Waals surface area contributed by atoms with Gasteiger partial charge >= 0.3 is 0 Å². The number of carbonyl (C=O) groups excluding carboxylic acids is 1. The number of imidazole rings is 1. The van der Waals surface area contributed by atoms with E-state index in [1.807, 2.05) is 46.9 Å². The topological polar surface area (TPSA) is 77.5 Å². The van der Waals surface area contributed by atoms with E-state index in [9.17, 15) is 4.79 Å². The van der Waals surface area contributed by atoms with Gasteiger partial charge in [-0.3, -0.25) is 14.5 Å². The minimum Gasteiger partial charge on any atom is -0.368 e. The molecule has 0 N–H and O–H groups in total. The highest BCUT2D eigenvalue weighted by molar-refractivity contribution is 5.78. The predicted molar refractivity (Wildman–Crippen MR) is 111 cm³/mol. The van der Waals surface area contributed by atoms with Gasteiger partial charge in [0.05, 0.1) is 42.8 Å². The van der Waals surface area contributed by atoms with E-state index in [1.54, 1.807) is 23.4 Å². The molecule has 0 aromatic carbocycles. The number of carbonyl (C=O) groups is 1. The molecule has 8 nitrogen and oxygen atoms in total. The third kappa shape index (κ3) is 3.57. The number of rotatable bonds is 4. The van der Waals surface area contributed by atoms with Crippen LogP contribution in [0.2, 0.25) is 0 Å². The molecule has 0 bridgehead atoms. The maximum atomic E-state index is 12.7. The zero-order valence-corrected chi connectivity index (χ0v) is 16.7. The van der Waals surface area contributed by atoms with Gasteiger partial charge in [-0.05, 0) is 35.4 Å². The Morgan fingerprint density at radius 1 is 1.17 bits per heavy atom. The van der Waals surface area contributed by atoms with Gasteiger partial charge in [0.2, 0.25) is 5.91 Å². The van der Waals surface area contributed by atoms with Crippen molar-refractivity contribution >= 4 is 11.4 Å². The number of morpholine rings is 1. The lowest BCUT2D eigenvalue weighted by Crippen LogP contribution is -2.43. The predicted octanol–water partition coefficient (Wildman–Crippen LogP) is 2.27. The van der Waals surface area contributed by atoms with Gasteiger partial charge in [0.15, 0.2) is 0 Å². The summed E-state index contributed by atoms with van der Waals surface area (Å²) in [6, 6.07) is 9.96. The molecule has 1 atom stereocenters. The molecule has 1 aliphatic rings. The molecule has 1 saturated heterocycles. The molecule has 0 aliphatic carbocycles. The average molecular weight is 402 g/mol. The normalized spacial score (nSPS) is 16.8. The summed E-state index contributed by atoms with van der Waals surface area (Å²) in [7, 11) is 1.85. The van der Waals surface area contributed by atoms with Crippen molar-refractivity contribution in [3.05, 3.63) is 72.8 Å². The molecule has 5 heterocycles. The molecule has 1 fully saturated rings. The molecule has 4 aromatic heterocycles. The molecule has 5 rings (SSSR count). The first-order chi connectivity index (χ1) is 14.7. The van der Waals surface area contributed by atoms with Crippen molar-refractivity contribution in [1.82, 2.24) is 29.0 Å². The van der Waals surface area contributed by atoms with Crippen LogP contribution in [0.3, 0.4) is 0 Å². The van der Waals surface area contributed by atoms with Crippen LogP contribution in [0.25, 0.3) is 16.6 Å². The highest BCUT2D eigenvalue weighted by Crippen LogP contribution is 2.27. The first-order valence-corrected chi connectivity index (χ1v) is 9.92.